The Morgan fingerprint density at radius 3 is 1.56 bits per heavy atom. The Bertz CT molecular complexity index is 899. The van der Waals surface area contributed by atoms with Crippen molar-refractivity contribution in [1.29, 1.82) is 0 Å². The first-order valence-electron chi connectivity index (χ1n) is 19.9. The monoisotopic (exact) mass is 732 g/mol. The summed E-state index contributed by atoms with van der Waals surface area (Å²) in [5.41, 5.74) is 5.33. The molecule has 0 saturated heterocycles. The lowest BCUT2D eigenvalue weighted by Crippen LogP contribution is -2.34. The van der Waals surface area contributed by atoms with Gasteiger partial charge in [0.05, 0.1) is 19.5 Å². The van der Waals surface area contributed by atoms with Gasteiger partial charge in [0.2, 0.25) is 0 Å². The zero-order chi connectivity index (χ0) is 37.0. The number of hydrogen-bond donors (Lipinski definition) is 3. The van der Waals surface area contributed by atoms with Crippen molar-refractivity contribution >= 4 is 19.8 Å². The summed E-state index contributed by atoms with van der Waals surface area (Å²) in [6.45, 7) is 3.24. The number of esters is 1. The molecular weight excluding hydrogens is 657 g/mol. The molecular formula is C39H74NO9P. The smallest absolute Gasteiger partial charge is 0.472 e. The van der Waals surface area contributed by atoms with Gasteiger partial charge in [-0.2, -0.15) is 0 Å². The van der Waals surface area contributed by atoms with Crippen LogP contribution in [0.1, 0.15) is 181 Å². The Balaban J connectivity index is 4.32. The van der Waals surface area contributed by atoms with E-state index in [0.29, 0.717) is 6.42 Å². The van der Waals surface area contributed by atoms with E-state index in [1.807, 2.05) is 6.08 Å². The number of unbranched alkanes of at least 4 members (excludes halogenated alkanes) is 22. The maximum Gasteiger partial charge on any atom is 0.472 e. The molecule has 0 heterocycles. The molecule has 50 heavy (non-hydrogen) atoms. The first kappa shape index (κ1) is 48.3. The van der Waals surface area contributed by atoms with E-state index in [0.717, 1.165) is 51.4 Å². The number of phosphoric ester groups is 1. The minimum Gasteiger partial charge on any atom is -0.498 e. The Morgan fingerprint density at radius 1 is 0.620 bits per heavy atom. The van der Waals surface area contributed by atoms with Crippen molar-refractivity contribution in [3.05, 3.63) is 24.5 Å². The predicted octanol–water partition coefficient (Wildman–Crippen LogP) is 10.7. The van der Waals surface area contributed by atoms with Crippen LogP contribution in [0.3, 0.4) is 0 Å². The molecule has 0 aromatic carbocycles. The fraction of sp³-hybridized carbons (Fsp3) is 0.846. The number of carbonyl (C=O) groups is 2. The number of allylic oxidation sites excluding steroid dienone is 3. The normalized spacial score (nSPS) is 14.2. The van der Waals surface area contributed by atoms with Crippen LogP contribution in [-0.4, -0.2) is 53.9 Å². The summed E-state index contributed by atoms with van der Waals surface area (Å²) in [4.78, 5) is 33.4. The van der Waals surface area contributed by atoms with Crippen LogP contribution in [0.4, 0.5) is 0 Å². The average Bonchev–Trinajstić information content (AvgIpc) is 3.09. The van der Waals surface area contributed by atoms with Crippen molar-refractivity contribution < 1.29 is 42.7 Å². The summed E-state index contributed by atoms with van der Waals surface area (Å²) in [6.07, 6.45) is 37.5. The molecule has 0 fully saturated rings. The van der Waals surface area contributed by atoms with Gasteiger partial charge in [0.25, 0.3) is 0 Å². The highest BCUT2D eigenvalue weighted by Gasteiger charge is 2.27. The third kappa shape index (κ3) is 34.7. The molecule has 0 aromatic heterocycles. The van der Waals surface area contributed by atoms with Gasteiger partial charge in [-0.3, -0.25) is 18.6 Å². The van der Waals surface area contributed by atoms with E-state index in [4.69, 9.17) is 24.8 Å². The van der Waals surface area contributed by atoms with Gasteiger partial charge in [-0.05, 0) is 51.0 Å². The molecule has 1 unspecified atom stereocenters. The predicted molar refractivity (Wildman–Crippen MR) is 203 cm³/mol. The van der Waals surface area contributed by atoms with Crippen molar-refractivity contribution in [2.24, 2.45) is 5.73 Å². The molecule has 0 bridgehead atoms. The molecule has 4 N–H and O–H groups in total. The number of nitrogens with two attached hydrogens (primary N) is 1. The third-order valence-corrected chi connectivity index (χ3v) is 9.50. The minimum atomic E-state index is -4.62. The quantitative estimate of drug-likeness (QED) is 0.0184. The summed E-state index contributed by atoms with van der Waals surface area (Å²) in [5.74, 6) is -1.81. The van der Waals surface area contributed by atoms with E-state index < -0.39 is 45.1 Å². The highest BCUT2D eigenvalue weighted by molar-refractivity contribution is 7.47. The van der Waals surface area contributed by atoms with Crippen LogP contribution < -0.4 is 5.73 Å². The second kappa shape index (κ2) is 35.7. The highest BCUT2D eigenvalue weighted by atomic mass is 31.2. The topological polar surface area (TPSA) is 155 Å². The van der Waals surface area contributed by atoms with Crippen molar-refractivity contribution in [1.82, 2.24) is 0 Å². The van der Waals surface area contributed by atoms with Crippen LogP contribution in [0.25, 0.3) is 0 Å². The van der Waals surface area contributed by atoms with E-state index >= 15 is 0 Å². The molecule has 0 saturated carbocycles. The second-order valence-corrected chi connectivity index (χ2v) is 14.9. The standard InChI is InChI=1S/C39H74NO9P/c1-3-5-7-9-11-13-15-17-18-19-20-22-24-26-28-30-32-46-33-36(34-47-50(44,45)48-35-37(40)39(42)43)49-38(41)31-29-27-25-23-21-16-14-12-10-8-6-4-2/h12,14,30,32,36-37H,3-11,13,15-29,31,33-35,40H2,1-2H3,(H,42,43)(H,44,45)/b14-12-,32-30-/t36-,37+/m1/s1. The van der Waals surface area contributed by atoms with E-state index in [1.54, 1.807) is 6.26 Å². The molecule has 0 rings (SSSR count). The SMILES string of the molecule is CCCCC/C=C\CCCCCCCC(=O)O[C@H](CO/C=C\CCCCCCCCCCCCCCCC)COP(=O)(O)OC[C@H](N)C(=O)O. The molecule has 0 aliphatic heterocycles. The molecule has 0 amide bonds. The molecule has 294 valence electrons. The minimum absolute atomic E-state index is 0.0679. The van der Waals surface area contributed by atoms with Gasteiger partial charge in [0, 0.05) is 6.42 Å². The Hall–Kier alpha value is -1.71. The molecule has 10 nitrogen and oxygen atoms in total. The zero-order valence-corrected chi connectivity index (χ0v) is 32.6. The maximum absolute atomic E-state index is 12.5. The lowest BCUT2D eigenvalue weighted by atomic mass is 10.0. The number of aliphatic carboxylic acids is 1. The zero-order valence-electron chi connectivity index (χ0n) is 31.7. The van der Waals surface area contributed by atoms with Gasteiger partial charge in [0.1, 0.15) is 12.6 Å². The number of carboxylic acids is 1. The molecule has 3 atom stereocenters. The first-order chi connectivity index (χ1) is 24.2. The van der Waals surface area contributed by atoms with E-state index in [9.17, 15) is 19.0 Å². The summed E-state index contributed by atoms with van der Waals surface area (Å²) < 4.78 is 33.0. The largest absolute Gasteiger partial charge is 0.498 e. The van der Waals surface area contributed by atoms with E-state index in [-0.39, 0.29) is 13.0 Å². The summed E-state index contributed by atoms with van der Waals surface area (Å²) in [5, 5.41) is 8.86. The molecule has 0 aliphatic carbocycles. The summed E-state index contributed by atoms with van der Waals surface area (Å²) in [7, 11) is -4.62. The summed E-state index contributed by atoms with van der Waals surface area (Å²) >= 11 is 0. The van der Waals surface area contributed by atoms with Crippen LogP contribution in [0.15, 0.2) is 24.5 Å². The fourth-order valence-corrected chi connectivity index (χ4v) is 6.16. The molecule has 0 spiro atoms. The third-order valence-electron chi connectivity index (χ3n) is 8.55. The van der Waals surface area contributed by atoms with E-state index in [1.165, 1.54) is 103 Å². The van der Waals surface area contributed by atoms with Gasteiger partial charge >= 0.3 is 19.8 Å². The van der Waals surface area contributed by atoms with Crippen molar-refractivity contribution in [3.8, 4) is 0 Å². The van der Waals surface area contributed by atoms with E-state index in [2.05, 4.69) is 30.5 Å². The van der Waals surface area contributed by atoms with Crippen molar-refractivity contribution in [3.63, 3.8) is 0 Å². The lowest BCUT2D eigenvalue weighted by molar-refractivity contribution is -0.153. The molecule has 0 radical (unpaired) electrons. The van der Waals surface area contributed by atoms with Gasteiger partial charge in [-0.1, -0.05) is 142 Å². The summed E-state index contributed by atoms with van der Waals surface area (Å²) in [6, 6.07) is -1.48. The van der Waals surface area contributed by atoms with Crippen LogP contribution in [0.5, 0.6) is 0 Å². The molecule has 0 aromatic rings. The van der Waals surface area contributed by atoms with Gasteiger partial charge < -0.3 is 25.2 Å². The number of ether oxygens (including phenoxy) is 2. The number of phosphoric acid groups is 1. The Labute approximate surface area is 304 Å². The van der Waals surface area contributed by atoms with Gasteiger partial charge in [0.15, 0.2) is 6.10 Å². The molecule has 0 aliphatic rings. The fourth-order valence-electron chi connectivity index (χ4n) is 5.39. The number of hydrogen-bond acceptors (Lipinski definition) is 8. The number of carboxylic acid groups (broad SMARTS) is 1. The Kier molecular flexibility index (Phi) is 34.5. The first-order valence-corrected chi connectivity index (χ1v) is 21.4. The maximum atomic E-state index is 12.5. The lowest BCUT2D eigenvalue weighted by Gasteiger charge is -2.20. The highest BCUT2D eigenvalue weighted by Crippen LogP contribution is 2.43. The Morgan fingerprint density at radius 2 is 1.04 bits per heavy atom. The van der Waals surface area contributed by atoms with Gasteiger partial charge in [-0.25, -0.2) is 4.57 Å². The van der Waals surface area contributed by atoms with Crippen molar-refractivity contribution in [2.45, 2.75) is 193 Å². The van der Waals surface area contributed by atoms with Gasteiger partial charge in [-0.15, -0.1) is 0 Å². The van der Waals surface area contributed by atoms with Crippen LogP contribution in [-0.2, 0) is 32.7 Å². The van der Waals surface area contributed by atoms with Crippen LogP contribution in [0, 0.1) is 0 Å². The second-order valence-electron chi connectivity index (χ2n) is 13.5. The number of carbonyl (C=O) groups excluding carboxylic acids is 1. The number of rotatable bonds is 38. The molecule has 11 heteroatoms. The van der Waals surface area contributed by atoms with Crippen LogP contribution >= 0.6 is 7.82 Å². The van der Waals surface area contributed by atoms with Crippen molar-refractivity contribution in [2.75, 3.05) is 19.8 Å². The van der Waals surface area contributed by atoms with Crippen LogP contribution in [0.2, 0.25) is 0 Å². The average molecular weight is 732 g/mol.